The van der Waals surface area contributed by atoms with E-state index < -0.39 is 5.54 Å². The molecule has 2 fully saturated rings. The molecule has 2 aliphatic heterocycles. The number of carbonyl (C=O) groups excluding carboxylic acids is 2. The molecule has 8 nitrogen and oxygen atoms in total. The number of nitrogens with two attached hydrogens (primary N) is 1. The van der Waals surface area contributed by atoms with Gasteiger partial charge in [0.25, 0.3) is 5.91 Å². The summed E-state index contributed by atoms with van der Waals surface area (Å²) in [4.78, 5) is 27.6. The Labute approximate surface area is 163 Å². The second-order valence-electron chi connectivity index (χ2n) is 7.99. The van der Waals surface area contributed by atoms with Gasteiger partial charge in [-0.3, -0.25) is 9.59 Å². The lowest BCUT2D eigenvalue weighted by Crippen LogP contribution is -2.56. The third-order valence-corrected chi connectivity index (χ3v) is 5.95. The highest BCUT2D eigenvalue weighted by atomic mass is 16.6. The summed E-state index contributed by atoms with van der Waals surface area (Å²) < 4.78 is 4.66. The van der Waals surface area contributed by atoms with Crippen molar-refractivity contribution in [3.8, 4) is 0 Å². The van der Waals surface area contributed by atoms with Crippen molar-refractivity contribution >= 4 is 17.6 Å². The van der Waals surface area contributed by atoms with Gasteiger partial charge in [0.15, 0.2) is 0 Å². The number of aromatic nitrogens is 2. The van der Waals surface area contributed by atoms with Crippen molar-refractivity contribution < 1.29 is 14.2 Å². The van der Waals surface area contributed by atoms with Crippen molar-refractivity contribution in [2.75, 3.05) is 5.73 Å². The molecule has 28 heavy (non-hydrogen) atoms. The molecule has 1 aromatic heterocycles. The number of hydrogen-bond acceptors (Lipinski definition) is 6. The van der Waals surface area contributed by atoms with Gasteiger partial charge in [-0.1, -0.05) is 36.8 Å². The van der Waals surface area contributed by atoms with E-state index in [2.05, 4.69) is 32.4 Å². The normalized spacial score (nSPS) is 27.6. The fourth-order valence-corrected chi connectivity index (χ4v) is 4.71. The number of rotatable bonds is 3. The molecule has 0 bridgehead atoms. The van der Waals surface area contributed by atoms with Gasteiger partial charge in [0.1, 0.15) is 0 Å². The van der Waals surface area contributed by atoms with Gasteiger partial charge in [0.2, 0.25) is 17.4 Å². The maximum atomic E-state index is 13.4. The van der Waals surface area contributed by atoms with Gasteiger partial charge < -0.3 is 16.0 Å². The molecular weight excluding hydrogens is 358 g/mol. The smallest absolute Gasteiger partial charge is 0.280 e. The topological polar surface area (TPSA) is 114 Å². The van der Waals surface area contributed by atoms with E-state index in [4.69, 9.17) is 5.73 Å². The van der Waals surface area contributed by atoms with E-state index in [1.165, 1.54) is 0 Å². The molecule has 2 aromatic rings. The van der Waals surface area contributed by atoms with E-state index in [1.807, 2.05) is 30.0 Å². The molecule has 2 aliphatic rings. The number of fused-ring (bicyclic) bond motifs is 1. The van der Waals surface area contributed by atoms with Crippen LogP contribution in [0.4, 0.5) is 5.82 Å². The Hall–Kier alpha value is -2.90. The lowest BCUT2D eigenvalue weighted by Gasteiger charge is -2.38. The van der Waals surface area contributed by atoms with Crippen LogP contribution in [0.5, 0.6) is 0 Å². The number of nitrogens with one attached hydrogen (secondary N) is 1. The summed E-state index contributed by atoms with van der Waals surface area (Å²) in [5.74, 6) is -0.252. The molecule has 4 rings (SSSR count). The predicted octanol–water partition coefficient (Wildman–Crippen LogP) is 1.93. The minimum atomic E-state index is -0.488. The van der Waals surface area contributed by atoms with Gasteiger partial charge >= 0.3 is 0 Å². The van der Waals surface area contributed by atoms with Crippen LogP contribution in [0.2, 0.25) is 0 Å². The molecule has 1 aromatic carbocycles. The number of benzene rings is 1. The summed E-state index contributed by atoms with van der Waals surface area (Å²) in [6.45, 7) is 2.04. The van der Waals surface area contributed by atoms with Crippen molar-refractivity contribution in [2.24, 2.45) is 0 Å². The SMILES string of the molecule is C[C@]12C[C@@H](Cc3ccccc3)N(C(=O)c3nonc3N)[C@H]1CCCCC(=O)N2. The van der Waals surface area contributed by atoms with Crippen LogP contribution < -0.4 is 11.1 Å². The molecule has 2 saturated heterocycles. The molecule has 2 amide bonds. The molecular formula is C20H25N5O3. The van der Waals surface area contributed by atoms with Gasteiger partial charge in [0.05, 0.1) is 11.6 Å². The Kier molecular flexibility index (Phi) is 4.78. The Balaban J connectivity index is 1.71. The highest BCUT2D eigenvalue weighted by molar-refractivity contribution is 5.97. The van der Waals surface area contributed by atoms with Crippen molar-refractivity contribution in [3.63, 3.8) is 0 Å². The number of hydrogen-bond donors (Lipinski definition) is 2. The average molecular weight is 383 g/mol. The molecule has 0 unspecified atom stereocenters. The predicted molar refractivity (Wildman–Crippen MR) is 102 cm³/mol. The first-order chi connectivity index (χ1) is 13.5. The second-order valence-corrected chi connectivity index (χ2v) is 7.99. The zero-order chi connectivity index (χ0) is 19.7. The van der Waals surface area contributed by atoms with Crippen molar-refractivity contribution in [2.45, 2.75) is 63.1 Å². The van der Waals surface area contributed by atoms with E-state index in [0.29, 0.717) is 19.3 Å². The molecule has 148 valence electrons. The Bertz CT molecular complexity index is 868. The van der Waals surface area contributed by atoms with Gasteiger partial charge in [-0.25, -0.2) is 4.63 Å². The Morgan fingerprint density at radius 2 is 2.11 bits per heavy atom. The zero-order valence-corrected chi connectivity index (χ0v) is 15.9. The van der Waals surface area contributed by atoms with Gasteiger partial charge in [-0.2, -0.15) is 0 Å². The number of amides is 2. The van der Waals surface area contributed by atoms with E-state index in [0.717, 1.165) is 24.8 Å². The summed E-state index contributed by atoms with van der Waals surface area (Å²) in [6, 6.07) is 9.84. The Morgan fingerprint density at radius 1 is 1.32 bits per heavy atom. The minimum absolute atomic E-state index is 0.00746. The lowest BCUT2D eigenvalue weighted by molar-refractivity contribution is -0.123. The highest BCUT2D eigenvalue weighted by Gasteiger charge is 2.52. The van der Waals surface area contributed by atoms with Gasteiger partial charge in [-0.15, -0.1) is 0 Å². The molecule has 0 radical (unpaired) electrons. The first-order valence-electron chi connectivity index (χ1n) is 9.73. The van der Waals surface area contributed by atoms with Crippen molar-refractivity contribution in [3.05, 3.63) is 41.6 Å². The van der Waals surface area contributed by atoms with Crippen molar-refractivity contribution in [1.82, 2.24) is 20.5 Å². The van der Waals surface area contributed by atoms with Crippen molar-refractivity contribution in [1.29, 1.82) is 0 Å². The van der Waals surface area contributed by atoms with Gasteiger partial charge in [0, 0.05) is 12.5 Å². The van der Waals surface area contributed by atoms with Crippen LogP contribution in [0.15, 0.2) is 35.0 Å². The molecule has 8 heteroatoms. The fraction of sp³-hybridized carbons (Fsp3) is 0.500. The fourth-order valence-electron chi connectivity index (χ4n) is 4.71. The summed E-state index contributed by atoms with van der Waals surface area (Å²) in [5, 5.41) is 10.5. The van der Waals surface area contributed by atoms with Crippen LogP contribution in [0.3, 0.4) is 0 Å². The van der Waals surface area contributed by atoms with Crippen LogP contribution in [0.25, 0.3) is 0 Å². The molecule has 0 spiro atoms. The number of nitrogens with zero attached hydrogens (tertiary/aromatic N) is 3. The molecule has 3 atom stereocenters. The molecule has 3 N–H and O–H groups in total. The van der Waals surface area contributed by atoms with Gasteiger partial charge in [-0.05, 0) is 48.5 Å². The lowest BCUT2D eigenvalue weighted by atomic mass is 9.85. The zero-order valence-electron chi connectivity index (χ0n) is 15.9. The monoisotopic (exact) mass is 383 g/mol. The van der Waals surface area contributed by atoms with Crippen LogP contribution >= 0.6 is 0 Å². The number of likely N-dealkylation sites (tertiary alicyclic amines) is 1. The van der Waals surface area contributed by atoms with E-state index in [-0.39, 0.29) is 35.4 Å². The summed E-state index contributed by atoms with van der Waals surface area (Å²) in [5.41, 5.74) is 6.49. The maximum absolute atomic E-state index is 13.4. The number of carbonyl (C=O) groups is 2. The maximum Gasteiger partial charge on any atom is 0.280 e. The summed E-state index contributed by atoms with van der Waals surface area (Å²) in [7, 11) is 0. The van der Waals surface area contributed by atoms with Crippen LogP contribution in [-0.4, -0.2) is 44.7 Å². The minimum Gasteiger partial charge on any atom is -0.379 e. The largest absolute Gasteiger partial charge is 0.379 e. The number of nitrogen functional groups attached to an aromatic ring is 1. The second kappa shape index (κ2) is 7.26. The van der Waals surface area contributed by atoms with E-state index in [1.54, 1.807) is 0 Å². The molecule has 0 saturated carbocycles. The van der Waals surface area contributed by atoms with Crippen LogP contribution in [0.1, 0.15) is 55.1 Å². The summed E-state index contributed by atoms with van der Waals surface area (Å²) in [6.07, 6.45) is 4.42. The van der Waals surface area contributed by atoms with Crippen LogP contribution in [0, 0.1) is 0 Å². The Morgan fingerprint density at radius 3 is 2.82 bits per heavy atom. The summed E-state index contributed by atoms with van der Waals surface area (Å²) >= 11 is 0. The first kappa shape index (κ1) is 18.5. The third kappa shape index (κ3) is 3.34. The molecule has 3 heterocycles. The average Bonchev–Trinajstić information content (AvgIpc) is 3.19. The molecule has 0 aliphatic carbocycles. The quantitative estimate of drug-likeness (QED) is 0.837. The third-order valence-electron chi connectivity index (χ3n) is 5.95. The van der Waals surface area contributed by atoms with Crippen LogP contribution in [-0.2, 0) is 11.2 Å². The first-order valence-corrected chi connectivity index (χ1v) is 9.73. The number of anilines is 1. The van der Waals surface area contributed by atoms with E-state index in [9.17, 15) is 9.59 Å². The standard InChI is InChI=1S/C20H25N5O3/c1-20-12-14(11-13-7-3-2-4-8-13)25(19(27)17-18(21)24-28-23-17)15(20)9-5-6-10-16(26)22-20/h2-4,7-8,14-15H,5-6,9-12H2,1H3,(H2,21,24)(H,22,26)/t14-,15+,20+/m1/s1. The van der Waals surface area contributed by atoms with E-state index >= 15 is 0 Å². The highest BCUT2D eigenvalue weighted by Crippen LogP contribution is 2.40.